The molecule has 0 radical (unpaired) electrons. The molecule has 3 aromatic rings. The molecule has 32 heavy (non-hydrogen) atoms. The molecular weight excluding hydrogens is 400 g/mol. The minimum atomic E-state index is -0.104. The van der Waals surface area contributed by atoms with Crippen LogP contribution in [0.25, 0.3) is 11.0 Å². The predicted molar refractivity (Wildman–Crippen MR) is 125 cm³/mol. The Labute approximate surface area is 188 Å². The van der Waals surface area contributed by atoms with Crippen LogP contribution in [0.3, 0.4) is 0 Å². The number of hydrogen-bond acceptors (Lipinski definition) is 3. The van der Waals surface area contributed by atoms with Crippen LogP contribution in [0, 0.1) is 6.92 Å². The summed E-state index contributed by atoms with van der Waals surface area (Å²) in [5.74, 6) is 0.796. The van der Waals surface area contributed by atoms with Crippen molar-refractivity contribution in [3.63, 3.8) is 0 Å². The van der Waals surface area contributed by atoms with Gasteiger partial charge in [-0.2, -0.15) is 0 Å². The maximum atomic E-state index is 13.4. The summed E-state index contributed by atoms with van der Waals surface area (Å²) in [5, 5.41) is 3.87. The normalized spacial score (nSPS) is 17.4. The van der Waals surface area contributed by atoms with Crippen LogP contribution in [-0.2, 0) is 0 Å². The maximum Gasteiger partial charge on any atom is 0.254 e. The number of piperidine rings is 1. The number of nitrogens with zero attached hydrogens (tertiary/aromatic N) is 1. The van der Waals surface area contributed by atoms with Gasteiger partial charge in [0.25, 0.3) is 11.8 Å². The molecule has 2 aromatic carbocycles. The summed E-state index contributed by atoms with van der Waals surface area (Å²) < 4.78 is 5.56. The van der Waals surface area contributed by atoms with E-state index in [0.29, 0.717) is 23.0 Å². The van der Waals surface area contributed by atoms with Crippen molar-refractivity contribution in [1.29, 1.82) is 0 Å². The Bertz CT molecular complexity index is 1170. The van der Waals surface area contributed by atoms with E-state index in [4.69, 9.17) is 4.42 Å². The highest BCUT2D eigenvalue weighted by atomic mass is 16.3. The van der Waals surface area contributed by atoms with Crippen molar-refractivity contribution < 1.29 is 14.0 Å². The molecule has 1 saturated carbocycles. The number of rotatable bonds is 4. The fraction of sp³-hybridized carbons (Fsp3) is 0.407. The lowest BCUT2D eigenvalue weighted by molar-refractivity contribution is 0.0712. The zero-order chi connectivity index (χ0) is 22.2. The van der Waals surface area contributed by atoms with Crippen molar-refractivity contribution >= 4 is 22.8 Å². The van der Waals surface area contributed by atoms with Crippen LogP contribution in [0.1, 0.15) is 81.3 Å². The van der Waals surface area contributed by atoms with E-state index < -0.39 is 0 Å². The van der Waals surface area contributed by atoms with Crippen LogP contribution in [0.15, 0.2) is 47.1 Å². The molecule has 1 N–H and O–H groups in total. The van der Waals surface area contributed by atoms with Gasteiger partial charge in [-0.15, -0.1) is 0 Å². The van der Waals surface area contributed by atoms with Gasteiger partial charge in [0.1, 0.15) is 5.58 Å². The van der Waals surface area contributed by atoms with E-state index >= 15 is 0 Å². The van der Waals surface area contributed by atoms with Crippen molar-refractivity contribution in [2.45, 2.75) is 50.9 Å². The number of carbonyl (C=O) groups is 2. The lowest BCUT2D eigenvalue weighted by Gasteiger charge is -2.33. The average molecular weight is 431 g/mol. The van der Waals surface area contributed by atoms with E-state index in [-0.39, 0.29) is 11.8 Å². The van der Waals surface area contributed by atoms with Crippen LogP contribution in [0.4, 0.5) is 0 Å². The van der Waals surface area contributed by atoms with Gasteiger partial charge in [-0.1, -0.05) is 24.6 Å². The zero-order valence-electron chi connectivity index (χ0n) is 18.8. The largest absolute Gasteiger partial charge is 0.464 e. The van der Waals surface area contributed by atoms with E-state index in [9.17, 15) is 9.59 Å². The number of benzene rings is 2. The molecule has 1 aliphatic heterocycles. The molecule has 1 aromatic heterocycles. The van der Waals surface area contributed by atoms with Gasteiger partial charge in [-0.05, 0) is 79.3 Å². The van der Waals surface area contributed by atoms with Crippen LogP contribution in [0.5, 0.6) is 0 Å². The number of nitrogens with one attached hydrogen (secondary N) is 1. The summed E-state index contributed by atoms with van der Waals surface area (Å²) in [6, 6.07) is 12.3. The molecule has 0 unspecified atom stereocenters. The van der Waals surface area contributed by atoms with Crippen molar-refractivity contribution in [3.8, 4) is 0 Å². The van der Waals surface area contributed by atoms with Crippen LogP contribution >= 0.6 is 0 Å². The second-order valence-corrected chi connectivity index (χ2v) is 9.25. The second kappa shape index (κ2) is 8.45. The molecule has 2 fully saturated rings. The fourth-order valence-electron chi connectivity index (χ4n) is 5.16. The van der Waals surface area contributed by atoms with Gasteiger partial charge in [-0.25, -0.2) is 0 Å². The highest BCUT2D eigenvalue weighted by Gasteiger charge is 2.29. The molecule has 0 bridgehead atoms. The van der Waals surface area contributed by atoms with Gasteiger partial charge < -0.3 is 14.6 Å². The van der Waals surface area contributed by atoms with Crippen molar-refractivity contribution in [1.82, 2.24) is 10.2 Å². The summed E-state index contributed by atoms with van der Waals surface area (Å²) in [6.45, 7) is 3.44. The van der Waals surface area contributed by atoms with Crippen molar-refractivity contribution in [2.24, 2.45) is 0 Å². The second-order valence-electron chi connectivity index (χ2n) is 9.25. The monoisotopic (exact) mass is 430 g/mol. The van der Waals surface area contributed by atoms with Gasteiger partial charge in [0.2, 0.25) is 0 Å². The Morgan fingerprint density at radius 3 is 2.44 bits per heavy atom. The fourth-order valence-corrected chi connectivity index (χ4v) is 5.16. The first-order chi connectivity index (χ1) is 15.5. The van der Waals surface area contributed by atoms with E-state index in [0.717, 1.165) is 60.9 Å². The highest BCUT2D eigenvalue weighted by molar-refractivity contribution is 6.01. The molecule has 5 rings (SSSR count). The molecular formula is C27H30N2O3. The molecule has 5 nitrogen and oxygen atoms in total. The third-order valence-corrected chi connectivity index (χ3v) is 7.38. The topological polar surface area (TPSA) is 62.6 Å². The number of amides is 2. The summed E-state index contributed by atoms with van der Waals surface area (Å²) in [4.78, 5) is 27.9. The summed E-state index contributed by atoms with van der Waals surface area (Å²) in [7, 11) is 1.65. The molecule has 1 aliphatic carbocycles. The van der Waals surface area contributed by atoms with Crippen LogP contribution in [-0.4, -0.2) is 36.9 Å². The molecule has 0 spiro atoms. The van der Waals surface area contributed by atoms with Gasteiger partial charge in [-0.3, -0.25) is 9.59 Å². The van der Waals surface area contributed by atoms with E-state index in [1.807, 2.05) is 24.0 Å². The Balaban J connectivity index is 1.33. The third kappa shape index (κ3) is 3.70. The summed E-state index contributed by atoms with van der Waals surface area (Å²) in [5.41, 5.74) is 5.58. The Morgan fingerprint density at radius 1 is 0.969 bits per heavy atom. The lowest BCUT2D eigenvalue weighted by atomic mass is 9.77. The first-order valence-corrected chi connectivity index (χ1v) is 11.7. The number of aryl methyl sites for hydroxylation is 1. The lowest BCUT2D eigenvalue weighted by Crippen LogP contribution is -2.38. The van der Waals surface area contributed by atoms with Crippen molar-refractivity contribution in [2.75, 3.05) is 20.1 Å². The summed E-state index contributed by atoms with van der Waals surface area (Å²) in [6.07, 6.45) is 7.03. The minimum Gasteiger partial charge on any atom is -0.464 e. The van der Waals surface area contributed by atoms with Crippen molar-refractivity contribution in [3.05, 3.63) is 70.5 Å². The van der Waals surface area contributed by atoms with E-state index in [1.165, 1.54) is 12.0 Å². The van der Waals surface area contributed by atoms with Gasteiger partial charge in [0.15, 0.2) is 0 Å². The SMILES string of the molecule is CNC(=O)c1cc(C(=O)N2CCC(c3ccc4ccoc4c3)CC2)c(C)cc1C1CCC1. The van der Waals surface area contributed by atoms with Crippen LogP contribution < -0.4 is 5.32 Å². The number of hydrogen-bond donors (Lipinski definition) is 1. The molecule has 166 valence electrons. The molecule has 5 heteroatoms. The first-order valence-electron chi connectivity index (χ1n) is 11.7. The number of carbonyl (C=O) groups excluding carboxylic acids is 2. The Kier molecular flexibility index (Phi) is 5.50. The van der Waals surface area contributed by atoms with E-state index in [2.05, 4.69) is 29.6 Å². The molecule has 2 heterocycles. The summed E-state index contributed by atoms with van der Waals surface area (Å²) >= 11 is 0. The first kappa shape index (κ1) is 20.8. The number of likely N-dealkylation sites (tertiary alicyclic amines) is 1. The molecule has 1 saturated heterocycles. The predicted octanol–water partition coefficient (Wildman–Crippen LogP) is 5.39. The molecule has 0 atom stereocenters. The zero-order valence-corrected chi connectivity index (χ0v) is 18.8. The average Bonchev–Trinajstić information content (AvgIpc) is 3.25. The quantitative estimate of drug-likeness (QED) is 0.604. The highest BCUT2D eigenvalue weighted by Crippen LogP contribution is 2.39. The Morgan fingerprint density at radius 2 is 1.75 bits per heavy atom. The van der Waals surface area contributed by atoms with Gasteiger partial charge in [0, 0.05) is 36.7 Å². The molecule has 2 aliphatic rings. The number of fused-ring (bicyclic) bond motifs is 1. The van der Waals surface area contributed by atoms with E-state index in [1.54, 1.807) is 13.3 Å². The Hall–Kier alpha value is -3.08. The molecule has 2 amide bonds. The van der Waals surface area contributed by atoms with Gasteiger partial charge >= 0.3 is 0 Å². The minimum absolute atomic E-state index is 0.0350. The maximum absolute atomic E-state index is 13.4. The number of furan rings is 1. The standard InChI is InChI=1S/C27H30N2O3/c1-17-14-23(19-4-3-5-19)24(26(30)28-2)16-22(17)27(31)29-11-8-18(9-12-29)21-7-6-20-10-13-32-25(20)15-21/h6-7,10,13-16,18-19H,3-5,8-9,11-12H2,1-2H3,(H,28,30). The third-order valence-electron chi connectivity index (χ3n) is 7.38. The van der Waals surface area contributed by atoms with Gasteiger partial charge in [0.05, 0.1) is 6.26 Å². The smallest absolute Gasteiger partial charge is 0.254 e. The van der Waals surface area contributed by atoms with Crippen LogP contribution in [0.2, 0.25) is 0 Å².